The van der Waals surface area contributed by atoms with Crippen molar-refractivity contribution in [2.24, 2.45) is 0 Å². The Morgan fingerprint density at radius 1 is 1.00 bits per heavy atom. The van der Waals surface area contributed by atoms with Gasteiger partial charge in [0.05, 0.1) is 12.6 Å². The predicted molar refractivity (Wildman–Crippen MR) is 89.2 cm³/mol. The molecule has 7 nitrogen and oxygen atoms in total. The SMILES string of the molecule is Cc1nnc2n1C(C)CN(C(=O)CCC(=O)N1CCCCCC1)C2. The molecule has 132 valence electrons. The van der Waals surface area contributed by atoms with Crippen LogP contribution in [-0.2, 0) is 16.1 Å². The van der Waals surface area contributed by atoms with E-state index in [1.807, 2.05) is 16.7 Å². The fourth-order valence-electron chi connectivity index (χ4n) is 3.77. The Morgan fingerprint density at radius 2 is 1.62 bits per heavy atom. The van der Waals surface area contributed by atoms with E-state index >= 15 is 0 Å². The van der Waals surface area contributed by atoms with E-state index in [0.717, 1.165) is 37.6 Å². The number of amides is 2. The molecule has 0 saturated carbocycles. The molecule has 2 amide bonds. The van der Waals surface area contributed by atoms with Gasteiger partial charge >= 0.3 is 0 Å². The normalized spacial score (nSPS) is 21.3. The standard InChI is InChI=1S/C17H27N5O2/c1-13-11-21(12-15-19-18-14(2)22(13)15)17(24)8-7-16(23)20-9-5-3-4-6-10-20/h13H,3-12H2,1-2H3. The summed E-state index contributed by atoms with van der Waals surface area (Å²) in [5.74, 6) is 1.88. The Hall–Kier alpha value is -1.92. The molecule has 2 aliphatic rings. The molecule has 1 aromatic rings. The van der Waals surface area contributed by atoms with Crippen LogP contribution >= 0.6 is 0 Å². The van der Waals surface area contributed by atoms with Crippen LogP contribution in [0.15, 0.2) is 0 Å². The molecule has 0 bridgehead atoms. The first-order valence-corrected chi connectivity index (χ1v) is 9.02. The molecule has 3 rings (SSSR count). The largest absolute Gasteiger partial charge is 0.343 e. The first-order chi connectivity index (χ1) is 11.6. The highest BCUT2D eigenvalue weighted by molar-refractivity contribution is 5.83. The van der Waals surface area contributed by atoms with Crippen molar-refractivity contribution >= 4 is 11.8 Å². The summed E-state index contributed by atoms with van der Waals surface area (Å²) < 4.78 is 2.09. The molecular weight excluding hydrogens is 306 g/mol. The van der Waals surface area contributed by atoms with Gasteiger partial charge < -0.3 is 14.4 Å². The van der Waals surface area contributed by atoms with E-state index in [-0.39, 0.29) is 24.3 Å². The first-order valence-electron chi connectivity index (χ1n) is 9.02. The van der Waals surface area contributed by atoms with E-state index in [1.54, 1.807) is 0 Å². The summed E-state index contributed by atoms with van der Waals surface area (Å²) in [5, 5.41) is 8.26. The highest BCUT2D eigenvalue weighted by Crippen LogP contribution is 2.22. The third kappa shape index (κ3) is 3.60. The number of aromatic nitrogens is 3. The van der Waals surface area contributed by atoms with E-state index in [0.29, 0.717) is 19.5 Å². The number of likely N-dealkylation sites (tertiary alicyclic amines) is 1. The van der Waals surface area contributed by atoms with Crippen molar-refractivity contribution < 1.29 is 9.59 Å². The number of hydrogen-bond donors (Lipinski definition) is 0. The van der Waals surface area contributed by atoms with Crippen molar-refractivity contribution in [3.8, 4) is 0 Å². The second kappa shape index (κ2) is 7.32. The molecule has 1 atom stereocenters. The van der Waals surface area contributed by atoms with Crippen molar-refractivity contribution in [1.29, 1.82) is 0 Å². The van der Waals surface area contributed by atoms with Crippen LogP contribution in [0.25, 0.3) is 0 Å². The van der Waals surface area contributed by atoms with E-state index in [2.05, 4.69) is 21.7 Å². The molecule has 2 aliphatic heterocycles. The van der Waals surface area contributed by atoms with E-state index in [1.165, 1.54) is 12.8 Å². The van der Waals surface area contributed by atoms with Gasteiger partial charge in [0.1, 0.15) is 5.82 Å². The number of aryl methyl sites for hydroxylation is 1. The van der Waals surface area contributed by atoms with Crippen LogP contribution in [0.1, 0.15) is 63.1 Å². The number of rotatable bonds is 3. The summed E-state index contributed by atoms with van der Waals surface area (Å²) in [4.78, 5) is 28.6. The monoisotopic (exact) mass is 333 g/mol. The van der Waals surface area contributed by atoms with Gasteiger partial charge in [0.2, 0.25) is 11.8 Å². The van der Waals surface area contributed by atoms with Crippen molar-refractivity contribution in [2.45, 2.75) is 65.0 Å². The molecule has 1 aromatic heterocycles. The fraction of sp³-hybridized carbons (Fsp3) is 0.765. The maximum atomic E-state index is 12.5. The third-order valence-electron chi connectivity index (χ3n) is 5.06. The van der Waals surface area contributed by atoms with Crippen molar-refractivity contribution in [1.82, 2.24) is 24.6 Å². The number of carbonyl (C=O) groups excluding carboxylic acids is 2. The van der Waals surface area contributed by atoms with Gasteiger partial charge in [-0.15, -0.1) is 10.2 Å². The van der Waals surface area contributed by atoms with Gasteiger partial charge in [0.25, 0.3) is 0 Å². The lowest BCUT2D eigenvalue weighted by atomic mass is 10.2. The lowest BCUT2D eigenvalue weighted by molar-refractivity contribution is -0.138. The lowest BCUT2D eigenvalue weighted by Crippen LogP contribution is -2.41. The summed E-state index contributed by atoms with van der Waals surface area (Å²) in [7, 11) is 0. The topological polar surface area (TPSA) is 71.3 Å². The lowest BCUT2D eigenvalue weighted by Gasteiger charge is -2.32. The molecule has 3 heterocycles. The zero-order valence-electron chi connectivity index (χ0n) is 14.7. The minimum atomic E-state index is 0.0388. The van der Waals surface area contributed by atoms with Crippen LogP contribution in [0.2, 0.25) is 0 Å². The molecule has 1 saturated heterocycles. The summed E-state index contributed by atoms with van der Waals surface area (Å²) in [6.45, 7) is 6.84. The van der Waals surface area contributed by atoms with Crippen LogP contribution in [0.5, 0.6) is 0 Å². The number of carbonyl (C=O) groups is 2. The van der Waals surface area contributed by atoms with Crippen LogP contribution in [0, 0.1) is 6.92 Å². The van der Waals surface area contributed by atoms with Gasteiger partial charge in [-0.2, -0.15) is 0 Å². The molecular formula is C17H27N5O2. The molecule has 0 N–H and O–H groups in total. The van der Waals surface area contributed by atoms with Gasteiger partial charge in [-0.05, 0) is 26.7 Å². The van der Waals surface area contributed by atoms with Crippen LogP contribution in [-0.4, -0.2) is 56.0 Å². The van der Waals surface area contributed by atoms with Crippen LogP contribution < -0.4 is 0 Å². The summed E-state index contributed by atoms with van der Waals surface area (Å²) in [6, 6.07) is 0.175. The van der Waals surface area contributed by atoms with Crippen molar-refractivity contribution in [3.63, 3.8) is 0 Å². The molecule has 0 radical (unpaired) electrons. The zero-order chi connectivity index (χ0) is 17.1. The summed E-state index contributed by atoms with van der Waals surface area (Å²) in [5.41, 5.74) is 0. The highest BCUT2D eigenvalue weighted by atomic mass is 16.2. The Kier molecular flexibility index (Phi) is 5.16. The first kappa shape index (κ1) is 16.9. The third-order valence-corrected chi connectivity index (χ3v) is 5.06. The Bertz CT molecular complexity index is 604. The van der Waals surface area contributed by atoms with Gasteiger partial charge in [0.15, 0.2) is 5.82 Å². The second-order valence-corrected chi connectivity index (χ2v) is 6.95. The molecule has 7 heteroatoms. The minimum absolute atomic E-state index is 0.0388. The van der Waals surface area contributed by atoms with Crippen molar-refractivity contribution in [2.75, 3.05) is 19.6 Å². The van der Waals surface area contributed by atoms with E-state index < -0.39 is 0 Å². The number of nitrogens with zero attached hydrogens (tertiary/aromatic N) is 5. The molecule has 0 aromatic carbocycles. The smallest absolute Gasteiger partial charge is 0.223 e. The Morgan fingerprint density at radius 3 is 2.29 bits per heavy atom. The maximum absolute atomic E-state index is 12.5. The average molecular weight is 333 g/mol. The van der Waals surface area contributed by atoms with E-state index in [4.69, 9.17) is 0 Å². The van der Waals surface area contributed by atoms with Crippen LogP contribution in [0.4, 0.5) is 0 Å². The quantitative estimate of drug-likeness (QED) is 0.843. The van der Waals surface area contributed by atoms with Crippen LogP contribution in [0.3, 0.4) is 0 Å². The van der Waals surface area contributed by atoms with Gasteiger partial charge in [-0.25, -0.2) is 0 Å². The van der Waals surface area contributed by atoms with Gasteiger partial charge in [-0.3, -0.25) is 9.59 Å². The molecule has 24 heavy (non-hydrogen) atoms. The van der Waals surface area contributed by atoms with E-state index in [9.17, 15) is 9.59 Å². The molecule has 1 unspecified atom stereocenters. The Balaban J connectivity index is 1.53. The summed E-state index contributed by atoms with van der Waals surface area (Å²) >= 11 is 0. The zero-order valence-corrected chi connectivity index (χ0v) is 14.7. The van der Waals surface area contributed by atoms with Gasteiger partial charge in [0, 0.05) is 32.5 Å². The Labute approximate surface area is 143 Å². The minimum Gasteiger partial charge on any atom is -0.343 e. The second-order valence-electron chi connectivity index (χ2n) is 6.95. The average Bonchev–Trinajstić information content (AvgIpc) is 2.78. The molecule has 0 aliphatic carbocycles. The molecule has 1 fully saturated rings. The molecule has 0 spiro atoms. The number of hydrogen-bond acceptors (Lipinski definition) is 4. The van der Waals surface area contributed by atoms with Gasteiger partial charge in [-0.1, -0.05) is 12.8 Å². The predicted octanol–water partition coefficient (Wildman–Crippen LogP) is 1.67. The van der Waals surface area contributed by atoms with Crippen molar-refractivity contribution in [3.05, 3.63) is 11.6 Å². The number of fused-ring (bicyclic) bond motifs is 1. The maximum Gasteiger partial charge on any atom is 0.223 e. The summed E-state index contributed by atoms with van der Waals surface area (Å²) in [6.07, 6.45) is 5.17. The highest BCUT2D eigenvalue weighted by Gasteiger charge is 2.28. The fourth-order valence-corrected chi connectivity index (χ4v) is 3.77.